The van der Waals surface area contributed by atoms with Gasteiger partial charge >= 0.3 is 0 Å². The Bertz CT molecular complexity index is 244. The zero-order valence-corrected chi connectivity index (χ0v) is 11.2. The molecule has 1 atom stereocenters. The molecule has 0 aromatic heterocycles. The summed E-state index contributed by atoms with van der Waals surface area (Å²) < 4.78 is 0. The van der Waals surface area contributed by atoms with E-state index in [1.165, 1.54) is 5.56 Å². The molecule has 0 fully saturated rings. The van der Waals surface area contributed by atoms with Crippen molar-refractivity contribution in [2.24, 2.45) is 5.73 Å². The molecule has 0 aliphatic carbocycles. The van der Waals surface area contributed by atoms with Crippen molar-refractivity contribution in [1.29, 1.82) is 0 Å². The van der Waals surface area contributed by atoms with Gasteiger partial charge in [-0.1, -0.05) is 30.3 Å². The predicted octanol–water partition coefficient (Wildman–Crippen LogP) is 2.99. The van der Waals surface area contributed by atoms with Gasteiger partial charge in [0.2, 0.25) is 0 Å². The fraction of sp³-hybridized carbons (Fsp3) is 0.455. The second-order valence-electron chi connectivity index (χ2n) is 3.27. The van der Waals surface area contributed by atoms with Gasteiger partial charge in [-0.2, -0.15) is 24.4 Å². The van der Waals surface area contributed by atoms with Crippen LogP contribution in [0, 0.1) is 0 Å². The maximum absolute atomic E-state index is 5.76. The quantitative estimate of drug-likeness (QED) is 0.610. The smallest absolute Gasteiger partial charge is 0.0184 e. The van der Waals surface area contributed by atoms with Crippen LogP contribution in [0.25, 0.3) is 0 Å². The number of hydrogen-bond donors (Lipinski definition) is 2. The Hall–Kier alpha value is 0.170. The monoisotopic (exact) mass is 263 g/mol. The van der Waals surface area contributed by atoms with Crippen LogP contribution in [0.15, 0.2) is 30.3 Å². The van der Waals surface area contributed by atoms with Gasteiger partial charge in [0.25, 0.3) is 0 Å². The molecule has 4 heteroatoms. The van der Waals surface area contributed by atoms with Gasteiger partial charge in [0.15, 0.2) is 0 Å². The maximum atomic E-state index is 5.76. The number of nitrogens with two attached hydrogens (primary N) is 1. The summed E-state index contributed by atoms with van der Waals surface area (Å²) in [5.74, 6) is 2.99. The Morgan fingerprint density at radius 2 is 1.93 bits per heavy atom. The molecule has 1 aromatic carbocycles. The van der Waals surface area contributed by atoms with Gasteiger partial charge in [-0.15, -0.1) is 12.4 Å². The zero-order chi connectivity index (χ0) is 10.2. The Morgan fingerprint density at radius 3 is 2.53 bits per heavy atom. The van der Waals surface area contributed by atoms with Gasteiger partial charge in [-0.25, -0.2) is 0 Å². The van der Waals surface area contributed by atoms with E-state index in [0.717, 1.165) is 23.7 Å². The van der Waals surface area contributed by atoms with Crippen molar-refractivity contribution in [3.05, 3.63) is 35.9 Å². The third-order valence-electron chi connectivity index (χ3n) is 1.98. The summed E-state index contributed by atoms with van der Waals surface area (Å²) in [6.45, 7) is 0. The first-order valence-electron chi connectivity index (χ1n) is 4.81. The summed E-state index contributed by atoms with van der Waals surface area (Å²) in [5, 5.41) is 0. The van der Waals surface area contributed by atoms with Gasteiger partial charge in [-0.05, 0) is 17.7 Å². The molecule has 0 saturated carbocycles. The highest BCUT2D eigenvalue weighted by Gasteiger charge is 1.99. The minimum absolute atomic E-state index is 0. The SMILES string of the molecule is Cl.N[C@H](CS)CCSCc1ccccc1. The standard InChI is InChI=1S/C11H17NS2.ClH/c12-11(8-13)6-7-14-9-10-4-2-1-3-5-10;/h1-5,11,13H,6-9,12H2;1H/t11-;/m0./s1. The molecule has 0 heterocycles. The maximum Gasteiger partial charge on any atom is 0.0184 e. The minimum Gasteiger partial charge on any atom is -0.327 e. The molecule has 1 rings (SSSR count). The number of thioether (sulfide) groups is 1. The number of halogens is 1. The van der Waals surface area contributed by atoms with Crippen molar-refractivity contribution in [1.82, 2.24) is 0 Å². The van der Waals surface area contributed by atoms with Gasteiger partial charge in [0, 0.05) is 17.5 Å². The van der Waals surface area contributed by atoms with E-state index in [1.54, 1.807) is 0 Å². The molecular weight excluding hydrogens is 246 g/mol. The molecular formula is C11H18ClNS2. The van der Waals surface area contributed by atoms with Crippen molar-refractivity contribution in [2.45, 2.75) is 18.2 Å². The third kappa shape index (κ3) is 7.12. The minimum atomic E-state index is 0. The summed E-state index contributed by atoms with van der Waals surface area (Å²) >= 11 is 6.09. The summed E-state index contributed by atoms with van der Waals surface area (Å²) in [6.07, 6.45) is 1.06. The molecule has 0 radical (unpaired) electrons. The molecule has 0 unspecified atom stereocenters. The van der Waals surface area contributed by atoms with Gasteiger partial charge < -0.3 is 5.73 Å². The molecule has 0 aliphatic rings. The number of rotatable bonds is 6. The van der Waals surface area contributed by atoms with Crippen molar-refractivity contribution in [3.8, 4) is 0 Å². The van der Waals surface area contributed by atoms with Crippen LogP contribution >= 0.6 is 36.8 Å². The molecule has 1 nitrogen and oxygen atoms in total. The van der Waals surface area contributed by atoms with Crippen LogP contribution in [0.1, 0.15) is 12.0 Å². The van der Waals surface area contributed by atoms with E-state index < -0.39 is 0 Å². The highest BCUT2D eigenvalue weighted by molar-refractivity contribution is 7.98. The number of hydrogen-bond acceptors (Lipinski definition) is 3. The summed E-state index contributed by atoms with van der Waals surface area (Å²) in [4.78, 5) is 0. The summed E-state index contributed by atoms with van der Waals surface area (Å²) in [6, 6.07) is 10.8. The van der Waals surface area contributed by atoms with E-state index in [0.29, 0.717) is 0 Å². The Kier molecular flexibility index (Phi) is 9.51. The first-order valence-corrected chi connectivity index (χ1v) is 6.59. The first-order chi connectivity index (χ1) is 6.83. The van der Waals surface area contributed by atoms with Crippen LogP contribution in [0.3, 0.4) is 0 Å². The molecule has 0 saturated heterocycles. The summed E-state index contributed by atoms with van der Waals surface area (Å²) in [7, 11) is 0. The van der Waals surface area contributed by atoms with Gasteiger partial charge in [-0.3, -0.25) is 0 Å². The molecule has 0 spiro atoms. The second-order valence-corrected chi connectivity index (χ2v) is 4.74. The second kappa shape index (κ2) is 9.40. The molecule has 86 valence electrons. The van der Waals surface area contributed by atoms with E-state index in [1.807, 2.05) is 17.8 Å². The Morgan fingerprint density at radius 1 is 1.27 bits per heavy atom. The fourth-order valence-corrected chi connectivity index (χ4v) is 2.31. The van der Waals surface area contributed by atoms with E-state index in [2.05, 4.69) is 36.9 Å². The fourth-order valence-electron chi connectivity index (χ4n) is 1.09. The zero-order valence-electron chi connectivity index (χ0n) is 8.63. The topological polar surface area (TPSA) is 26.0 Å². The lowest BCUT2D eigenvalue weighted by Crippen LogP contribution is -2.22. The largest absolute Gasteiger partial charge is 0.327 e. The molecule has 1 aromatic rings. The molecule has 0 bridgehead atoms. The van der Waals surface area contributed by atoms with Crippen molar-refractivity contribution in [3.63, 3.8) is 0 Å². The van der Waals surface area contributed by atoms with Crippen molar-refractivity contribution in [2.75, 3.05) is 11.5 Å². The highest BCUT2D eigenvalue weighted by Crippen LogP contribution is 2.13. The van der Waals surface area contributed by atoms with Crippen LogP contribution in [0.2, 0.25) is 0 Å². The van der Waals surface area contributed by atoms with Crippen molar-refractivity contribution >= 4 is 36.8 Å². The van der Waals surface area contributed by atoms with E-state index >= 15 is 0 Å². The van der Waals surface area contributed by atoms with Crippen LogP contribution in [0.5, 0.6) is 0 Å². The normalized spacial score (nSPS) is 11.9. The van der Waals surface area contributed by atoms with Crippen molar-refractivity contribution < 1.29 is 0 Å². The van der Waals surface area contributed by atoms with E-state index in [9.17, 15) is 0 Å². The lowest BCUT2D eigenvalue weighted by atomic mass is 10.2. The van der Waals surface area contributed by atoms with Gasteiger partial charge in [0.1, 0.15) is 0 Å². The van der Waals surface area contributed by atoms with E-state index in [-0.39, 0.29) is 18.4 Å². The molecule has 15 heavy (non-hydrogen) atoms. The number of benzene rings is 1. The average Bonchev–Trinajstić information content (AvgIpc) is 2.25. The number of thiol groups is 1. The molecule has 0 aliphatic heterocycles. The predicted molar refractivity (Wildman–Crippen MR) is 76.3 cm³/mol. The lowest BCUT2D eigenvalue weighted by molar-refractivity contribution is 0.733. The van der Waals surface area contributed by atoms with Crippen LogP contribution in [-0.2, 0) is 5.75 Å². The average molecular weight is 264 g/mol. The Labute approximate surface area is 108 Å². The summed E-state index contributed by atoms with van der Waals surface area (Å²) in [5.41, 5.74) is 7.15. The lowest BCUT2D eigenvalue weighted by Gasteiger charge is -2.07. The van der Waals surface area contributed by atoms with Crippen LogP contribution < -0.4 is 5.73 Å². The molecule has 0 amide bonds. The van der Waals surface area contributed by atoms with Crippen LogP contribution in [-0.4, -0.2) is 17.5 Å². The van der Waals surface area contributed by atoms with E-state index in [4.69, 9.17) is 5.73 Å². The first kappa shape index (κ1) is 15.2. The molecule has 2 N–H and O–H groups in total. The Balaban J connectivity index is 0.00000196. The third-order valence-corrected chi connectivity index (χ3v) is 3.51. The highest BCUT2D eigenvalue weighted by atomic mass is 35.5. The van der Waals surface area contributed by atoms with Gasteiger partial charge in [0.05, 0.1) is 0 Å². The van der Waals surface area contributed by atoms with Crippen LogP contribution in [0.4, 0.5) is 0 Å².